The van der Waals surface area contributed by atoms with Crippen LogP contribution in [0.2, 0.25) is 0 Å². The minimum absolute atomic E-state index is 0.0817. The van der Waals surface area contributed by atoms with E-state index in [0.29, 0.717) is 5.39 Å². The summed E-state index contributed by atoms with van der Waals surface area (Å²) in [5, 5.41) is 0.428. The standard InChI is InChI=1S/C23H18F2N2O3S/c1-3-17-18-10-11-27(31(28,29)16-7-4-14(2)5-8-16)22(18)13-20(25)23(17)30-15-6-9-19(24)21(26)12-15/h3-13H,1,26H2,2H3. The number of ether oxygens (including phenoxy) is 1. The summed E-state index contributed by atoms with van der Waals surface area (Å²) in [6, 6.07) is 12.7. The van der Waals surface area contributed by atoms with Crippen LogP contribution in [0.1, 0.15) is 11.1 Å². The number of fused-ring (bicyclic) bond motifs is 1. The molecule has 0 saturated heterocycles. The molecule has 0 unspecified atom stereocenters. The fourth-order valence-corrected chi connectivity index (χ4v) is 4.61. The van der Waals surface area contributed by atoms with Crippen LogP contribution in [0.3, 0.4) is 0 Å². The van der Waals surface area contributed by atoms with Gasteiger partial charge >= 0.3 is 0 Å². The number of nitrogens with zero attached hydrogens (tertiary/aromatic N) is 1. The summed E-state index contributed by atoms with van der Waals surface area (Å²) in [5.41, 5.74) is 6.72. The first-order chi connectivity index (χ1) is 14.7. The minimum Gasteiger partial charge on any atom is -0.454 e. The van der Waals surface area contributed by atoms with E-state index in [9.17, 15) is 12.8 Å². The second-order valence-corrected chi connectivity index (χ2v) is 8.77. The predicted octanol–water partition coefficient (Wildman–Crippen LogP) is 5.48. The van der Waals surface area contributed by atoms with E-state index < -0.39 is 21.7 Å². The van der Waals surface area contributed by atoms with Crippen LogP contribution >= 0.6 is 0 Å². The molecule has 0 amide bonds. The Kier molecular flexibility index (Phi) is 5.02. The molecule has 0 saturated carbocycles. The normalized spacial score (nSPS) is 11.6. The number of nitrogen functional groups attached to an aromatic ring is 1. The van der Waals surface area contributed by atoms with Gasteiger partial charge in [0.1, 0.15) is 11.6 Å². The lowest BCUT2D eigenvalue weighted by atomic mass is 10.1. The zero-order valence-electron chi connectivity index (χ0n) is 16.5. The lowest BCUT2D eigenvalue weighted by molar-refractivity contribution is 0.441. The highest BCUT2D eigenvalue weighted by Gasteiger charge is 2.23. The molecular weight excluding hydrogens is 422 g/mol. The van der Waals surface area contributed by atoms with Crippen molar-refractivity contribution in [3.63, 3.8) is 0 Å². The molecule has 158 valence electrons. The van der Waals surface area contributed by atoms with Gasteiger partial charge < -0.3 is 10.5 Å². The van der Waals surface area contributed by atoms with Crippen molar-refractivity contribution in [3.8, 4) is 11.5 Å². The monoisotopic (exact) mass is 440 g/mol. The van der Waals surface area contributed by atoms with Crippen molar-refractivity contribution in [1.29, 1.82) is 0 Å². The number of nitrogens with two attached hydrogens (primary N) is 1. The SMILES string of the molecule is C=Cc1c(Oc2ccc(F)c(N)c2)c(F)cc2c1ccn2S(=O)(=O)c1ccc(C)cc1. The number of aromatic nitrogens is 1. The molecule has 0 atom stereocenters. The molecule has 0 aliphatic carbocycles. The average Bonchev–Trinajstić information content (AvgIpc) is 3.15. The van der Waals surface area contributed by atoms with Gasteiger partial charge in [-0.1, -0.05) is 30.4 Å². The van der Waals surface area contributed by atoms with Crippen LogP contribution in [0.4, 0.5) is 14.5 Å². The van der Waals surface area contributed by atoms with Crippen LogP contribution in [0, 0.1) is 18.6 Å². The Labute approximate surface area is 178 Å². The van der Waals surface area contributed by atoms with Gasteiger partial charge in [-0.2, -0.15) is 0 Å². The van der Waals surface area contributed by atoms with Gasteiger partial charge in [-0.05, 0) is 37.3 Å². The first-order valence-corrected chi connectivity index (χ1v) is 10.7. The Balaban J connectivity index is 1.86. The number of rotatable bonds is 5. The predicted molar refractivity (Wildman–Crippen MR) is 117 cm³/mol. The molecule has 0 aliphatic heterocycles. The zero-order chi connectivity index (χ0) is 22.3. The number of hydrogen-bond donors (Lipinski definition) is 1. The summed E-state index contributed by atoms with van der Waals surface area (Å²) in [4.78, 5) is 0.0817. The molecule has 4 rings (SSSR count). The van der Waals surface area contributed by atoms with Gasteiger partial charge in [0.25, 0.3) is 10.0 Å². The second-order valence-electron chi connectivity index (χ2n) is 6.95. The molecule has 5 nitrogen and oxygen atoms in total. The number of anilines is 1. The number of aryl methyl sites for hydroxylation is 1. The third-order valence-electron chi connectivity index (χ3n) is 4.87. The van der Waals surface area contributed by atoms with Gasteiger partial charge in [-0.25, -0.2) is 21.2 Å². The molecule has 0 radical (unpaired) electrons. The molecule has 0 spiro atoms. The molecule has 4 aromatic rings. The van der Waals surface area contributed by atoms with Gasteiger partial charge in [0, 0.05) is 29.3 Å². The third kappa shape index (κ3) is 3.55. The van der Waals surface area contributed by atoms with Gasteiger partial charge in [0.15, 0.2) is 11.6 Å². The number of halogens is 2. The van der Waals surface area contributed by atoms with Gasteiger partial charge in [-0.3, -0.25) is 0 Å². The first kappa shape index (κ1) is 20.6. The molecule has 0 fully saturated rings. The van der Waals surface area contributed by atoms with Crippen molar-refractivity contribution < 1.29 is 21.9 Å². The molecule has 0 bridgehead atoms. The van der Waals surface area contributed by atoms with E-state index in [-0.39, 0.29) is 33.2 Å². The minimum atomic E-state index is -3.95. The Morgan fingerprint density at radius 3 is 2.39 bits per heavy atom. The summed E-state index contributed by atoms with van der Waals surface area (Å²) >= 11 is 0. The van der Waals surface area contributed by atoms with Crippen molar-refractivity contribution in [2.24, 2.45) is 0 Å². The fraction of sp³-hybridized carbons (Fsp3) is 0.0435. The maximum absolute atomic E-state index is 15.0. The van der Waals surface area contributed by atoms with Gasteiger partial charge in [0.05, 0.1) is 16.1 Å². The summed E-state index contributed by atoms with van der Waals surface area (Å²) in [5.74, 6) is -1.46. The van der Waals surface area contributed by atoms with Crippen LogP contribution in [0.5, 0.6) is 11.5 Å². The Hall–Kier alpha value is -3.65. The molecule has 3 aromatic carbocycles. The largest absolute Gasteiger partial charge is 0.454 e. The van der Waals surface area contributed by atoms with Crippen LogP contribution < -0.4 is 10.5 Å². The van der Waals surface area contributed by atoms with E-state index >= 15 is 4.39 Å². The molecule has 1 heterocycles. The molecular formula is C23H18F2N2O3S. The molecule has 1 aromatic heterocycles. The lowest BCUT2D eigenvalue weighted by Gasteiger charge is -2.13. The van der Waals surface area contributed by atoms with Crippen molar-refractivity contribution in [1.82, 2.24) is 3.97 Å². The van der Waals surface area contributed by atoms with E-state index in [0.717, 1.165) is 21.7 Å². The van der Waals surface area contributed by atoms with E-state index in [1.807, 2.05) is 6.92 Å². The number of hydrogen-bond acceptors (Lipinski definition) is 4. The number of benzene rings is 3. The first-order valence-electron chi connectivity index (χ1n) is 9.23. The van der Waals surface area contributed by atoms with E-state index in [2.05, 4.69) is 6.58 Å². The van der Waals surface area contributed by atoms with Crippen molar-refractivity contribution >= 4 is 32.7 Å². The van der Waals surface area contributed by atoms with Crippen molar-refractivity contribution in [2.45, 2.75) is 11.8 Å². The summed E-state index contributed by atoms with van der Waals surface area (Å²) in [6.07, 6.45) is 2.72. The van der Waals surface area contributed by atoms with Crippen LogP contribution in [0.15, 0.2) is 72.3 Å². The van der Waals surface area contributed by atoms with Gasteiger partial charge in [0.2, 0.25) is 0 Å². The highest BCUT2D eigenvalue weighted by molar-refractivity contribution is 7.90. The molecule has 31 heavy (non-hydrogen) atoms. The lowest BCUT2D eigenvalue weighted by Crippen LogP contribution is -2.12. The Morgan fingerprint density at radius 2 is 1.74 bits per heavy atom. The smallest absolute Gasteiger partial charge is 0.268 e. The van der Waals surface area contributed by atoms with Gasteiger partial charge in [-0.15, -0.1) is 0 Å². The zero-order valence-corrected chi connectivity index (χ0v) is 17.3. The maximum Gasteiger partial charge on any atom is 0.268 e. The quantitative estimate of drug-likeness (QED) is 0.417. The van der Waals surface area contributed by atoms with E-state index in [1.165, 1.54) is 36.5 Å². The van der Waals surface area contributed by atoms with E-state index in [4.69, 9.17) is 10.5 Å². The Morgan fingerprint density at radius 1 is 1.03 bits per heavy atom. The van der Waals surface area contributed by atoms with E-state index in [1.54, 1.807) is 18.2 Å². The molecule has 8 heteroatoms. The highest BCUT2D eigenvalue weighted by atomic mass is 32.2. The van der Waals surface area contributed by atoms with Crippen molar-refractivity contribution in [2.75, 3.05) is 5.73 Å². The topological polar surface area (TPSA) is 74.3 Å². The summed E-state index contributed by atoms with van der Waals surface area (Å²) in [7, 11) is -3.95. The third-order valence-corrected chi connectivity index (χ3v) is 6.58. The van der Waals surface area contributed by atoms with Crippen LogP contribution in [-0.2, 0) is 10.0 Å². The van der Waals surface area contributed by atoms with Crippen LogP contribution in [-0.4, -0.2) is 12.4 Å². The van der Waals surface area contributed by atoms with Crippen LogP contribution in [0.25, 0.3) is 17.0 Å². The van der Waals surface area contributed by atoms with Crippen molar-refractivity contribution in [3.05, 3.63) is 90.1 Å². The molecule has 2 N–H and O–H groups in total. The summed E-state index contributed by atoms with van der Waals surface area (Å²) < 4.78 is 61.3. The highest BCUT2D eigenvalue weighted by Crippen LogP contribution is 2.37. The fourth-order valence-electron chi connectivity index (χ4n) is 3.28. The second kappa shape index (κ2) is 7.55. The maximum atomic E-state index is 15.0. The molecule has 0 aliphatic rings. The average molecular weight is 440 g/mol. The Bertz CT molecular complexity index is 1430. The summed E-state index contributed by atoms with van der Waals surface area (Å²) in [6.45, 7) is 5.56.